The normalized spacial score (nSPS) is 17.8. The van der Waals surface area contributed by atoms with Crippen molar-refractivity contribution in [3.8, 4) is 5.75 Å². The van der Waals surface area contributed by atoms with Gasteiger partial charge in [-0.05, 0) is 30.5 Å². The van der Waals surface area contributed by atoms with Crippen molar-refractivity contribution >= 4 is 16.5 Å². The van der Waals surface area contributed by atoms with Crippen molar-refractivity contribution in [2.24, 2.45) is 0 Å². The van der Waals surface area contributed by atoms with Crippen LogP contribution in [-0.4, -0.2) is 12.1 Å². The van der Waals surface area contributed by atoms with Gasteiger partial charge in [0.15, 0.2) is 16.7 Å². The second-order valence-electron chi connectivity index (χ2n) is 4.35. The number of ether oxygens (including phenoxy) is 1. The molecule has 94 valence electrons. The molecule has 0 saturated heterocycles. The van der Waals surface area contributed by atoms with E-state index in [1.165, 1.54) is 29.4 Å². The Labute approximate surface area is 108 Å². The Bertz CT molecular complexity index is 597. The van der Waals surface area contributed by atoms with Crippen LogP contribution in [0.25, 0.3) is 0 Å². The van der Waals surface area contributed by atoms with Crippen LogP contribution in [0, 0.1) is 5.82 Å². The fraction of sp³-hybridized carbons (Fsp3) is 0.308. The molecule has 1 aliphatic carbocycles. The summed E-state index contributed by atoms with van der Waals surface area (Å²) >= 11 is 1.53. The Morgan fingerprint density at radius 1 is 1.50 bits per heavy atom. The molecular formula is C13H13FN2OS. The molecule has 1 aromatic carbocycles. The quantitative estimate of drug-likeness (QED) is 0.907. The Balaban J connectivity index is 2.01. The highest BCUT2D eigenvalue weighted by Crippen LogP contribution is 2.43. The SMILES string of the molecule is COc1cc(C2CCc3nc(N)sc32)ccc1F. The number of nitrogens with zero attached hydrogens (tertiary/aromatic N) is 1. The Hall–Kier alpha value is -1.62. The molecule has 0 bridgehead atoms. The highest BCUT2D eigenvalue weighted by Gasteiger charge is 2.28. The molecule has 0 spiro atoms. The number of halogens is 1. The van der Waals surface area contributed by atoms with Gasteiger partial charge in [-0.3, -0.25) is 0 Å². The van der Waals surface area contributed by atoms with E-state index in [-0.39, 0.29) is 11.7 Å². The summed E-state index contributed by atoms with van der Waals surface area (Å²) < 4.78 is 18.4. The Morgan fingerprint density at radius 3 is 3.11 bits per heavy atom. The van der Waals surface area contributed by atoms with Crippen molar-refractivity contribution in [3.05, 3.63) is 40.2 Å². The molecule has 1 aliphatic rings. The van der Waals surface area contributed by atoms with Gasteiger partial charge in [0.05, 0.1) is 12.8 Å². The van der Waals surface area contributed by atoms with E-state index in [1.807, 2.05) is 6.07 Å². The van der Waals surface area contributed by atoms with Crippen LogP contribution in [0.15, 0.2) is 18.2 Å². The predicted octanol–water partition coefficient (Wildman–Crippen LogP) is 2.95. The van der Waals surface area contributed by atoms with Gasteiger partial charge in [-0.2, -0.15) is 0 Å². The number of hydrogen-bond donors (Lipinski definition) is 1. The van der Waals surface area contributed by atoms with E-state index in [4.69, 9.17) is 10.5 Å². The molecule has 5 heteroatoms. The number of aromatic nitrogens is 1. The third-order valence-electron chi connectivity index (χ3n) is 3.31. The largest absolute Gasteiger partial charge is 0.494 e. The van der Waals surface area contributed by atoms with Gasteiger partial charge >= 0.3 is 0 Å². The third-order valence-corrected chi connectivity index (χ3v) is 4.35. The minimum absolute atomic E-state index is 0.268. The van der Waals surface area contributed by atoms with Crippen LogP contribution < -0.4 is 10.5 Å². The standard InChI is InChI=1S/C13H13FN2OS/c1-17-11-6-7(2-4-9(11)14)8-3-5-10-12(8)18-13(15)16-10/h2,4,6,8H,3,5H2,1H3,(H2,15,16). The van der Waals surface area contributed by atoms with E-state index in [0.29, 0.717) is 10.9 Å². The topological polar surface area (TPSA) is 48.1 Å². The van der Waals surface area contributed by atoms with E-state index in [1.54, 1.807) is 6.07 Å². The van der Waals surface area contributed by atoms with Crippen LogP contribution in [-0.2, 0) is 6.42 Å². The van der Waals surface area contributed by atoms with E-state index < -0.39 is 0 Å². The molecule has 1 atom stereocenters. The number of fused-ring (bicyclic) bond motifs is 1. The van der Waals surface area contributed by atoms with E-state index in [9.17, 15) is 4.39 Å². The first-order valence-corrected chi connectivity index (χ1v) is 6.59. The summed E-state index contributed by atoms with van der Waals surface area (Å²) in [5.74, 6) is 0.228. The molecular weight excluding hydrogens is 251 g/mol. The van der Waals surface area contributed by atoms with Crippen LogP contribution in [0.1, 0.15) is 28.5 Å². The molecule has 0 fully saturated rings. The zero-order valence-electron chi connectivity index (χ0n) is 9.94. The van der Waals surface area contributed by atoms with Crippen molar-refractivity contribution in [3.63, 3.8) is 0 Å². The van der Waals surface area contributed by atoms with Gasteiger partial charge in [0.2, 0.25) is 0 Å². The van der Waals surface area contributed by atoms with E-state index in [0.717, 1.165) is 24.1 Å². The molecule has 0 amide bonds. The third kappa shape index (κ3) is 1.75. The number of methoxy groups -OCH3 is 1. The maximum Gasteiger partial charge on any atom is 0.180 e. The number of thiazole rings is 1. The maximum absolute atomic E-state index is 13.4. The predicted molar refractivity (Wildman–Crippen MR) is 69.6 cm³/mol. The molecule has 0 saturated carbocycles. The smallest absolute Gasteiger partial charge is 0.180 e. The Morgan fingerprint density at radius 2 is 2.33 bits per heavy atom. The molecule has 0 radical (unpaired) electrons. The fourth-order valence-corrected chi connectivity index (χ4v) is 3.50. The van der Waals surface area contributed by atoms with Crippen LogP contribution in [0.4, 0.5) is 9.52 Å². The second-order valence-corrected chi connectivity index (χ2v) is 5.41. The minimum Gasteiger partial charge on any atom is -0.494 e. The van der Waals surface area contributed by atoms with Crippen molar-refractivity contribution in [2.45, 2.75) is 18.8 Å². The van der Waals surface area contributed by atoms with Crippen LogP contribution >= 0.6 is 11.3 Å². The number of benzene rings is 1. The summed E-state index contributed by atoms with van der Waals surface area (Å²) in [4.78, 5) is 5.53. The summed E-state index contributed by atoms with van der Waals surface area (Å²) in [6.45, 7) is 0. The maximum atomic E-state index is 13.4. The number of nitrogens with two attached hydrogens (primary N) is 1. The summed E-state index contributed by atoms with van der Waals surface area (Å²) in [5.41, 5.74) is 7.89. The first-order valence-electron chi connectivity index (χ1n) is 5.77. The van der Waals surface area contributed by atoms with Gasteiger partial charge in [-0.15, -0.1) is 11.3 Å². The molecule has 3 nitrogen and oxygen atoms in total. The molecule has 2 N–H and O–H groups in total. The lowest BCUT2D eigenvalue weighted by molar-refractivity contribution is 0.385. The number of hydrogen-bond acceptors (Lipinski definition) is 4. The van der Waals surface area contributed by atoms with Gasteiger partial charge in [-0.25, -0.2) is 9.37 Å². The lowest BCUT2D eigenvalue weighted by Crippen LogP contribution is -1.97. The lowest BCUT2D eigenvalue weighted by Gasteiger charge is -2.11. The van der Waals surface area contributed by atoms with Gasteiger partial charge in [0, 0.05) is 10.8 Å². The van der Waals surface area contributed by atoms with Crippen molar-refractivity contribution in [1.29, 1.82) is 0 Å². The highest BCUT2D eigenvalue weighted by atomic mass is 32.1. The number of nitrogen functional groups attached to an aromatic ring is 1. The number of rotatable bonds is 2. The molecule has 1 aromatic heterocycles. The van der Waals surface area contributed by atoms with Crippen molar-refractivity contribution < 1.29 is 9.13 Å². The zero-order chi connectivity index (χ0) is 12.7. The summed E-state index contributed by atoms with van der Waals surface area (Å²) in [6, 6.07) is 5.04. The van der Waals surface area contributed by atoms with Crippen LogP contribution in [0.3, 0.4) is 0 Å². The first-order chi connectivity index (χ1) is 8.69. The summed E-state index contributed by atoms with van der Waals surface area (Å²) in [6.07, 6.45) is 1.94. The average molecular weight is 264 g/mol. The van der Waals surface area contributed by atoms with Gasteiger partial charge < -0.3 is 10.5 Å². The van der Waals surface area contributed by atoms with Crippen molar-refractivity contribution in [2.75, 3.05) is 12.8 Å². The fourth-order valence-electron chi connectivity index (χ4n) is 2.46. The minimum atomic E-state index is -0.330. The number of anilines is 1. The molecule has 1 unspecified atom stereocenters. The van der Waals surface area contributed by atoms with Crippen LogP contribution in [0.2, 0.25) is 0 Å². The number of aryl methyl sites for hydroxylation is 1. The monoisotopic (exact) mass is 264 g/mol. The average Bonchev–Trinajstić information content (AvgIpc) is 2.89. The highest BCUT2D eigenvalue weighted by molar-refractivity contribution is 7.15. The molecule has 2 aromatic rings. The molecule has 3 rings (SSSR count). The lowest BCUT2D eigenvalue weighted by atomic mass is 9.98. The van der Waals surface area contributed by atoms with E-state index >= 15 is 0 Å². The van der Waals surface area contributed by atoms with Gasteiger partial charge in [0.1, 0.15) is 0 Å². The van der Waals surface area contributed by atoms with Gasteiger partial charge in [-0.1, -0.05) is 6.07 Å². The molecule has 0 aliphatic heterocycles. The summed E-state index contributed by atoms with van der Waals surface area (Å²) in [5, 5.41) is 0.610. The molecule has 1 heterocycles. The molecule has 18 heavy (non-hydrogen) atoms. The zero-order valence-corrected chi connectivity index (χ0v) is 10.8. The van der Waals surface area contributed by atoms with Crippen molar-refractivity contribution in [1.82, 2.24) is 4.98 Å². The Kier molecular flexibility index (Phi) is 2.70. The summed E-state index contributed by atoms with van der Waals surface area (Å²) in [7, 11) is 1.48. The second kappa shape index (κ2) is 4.24. The van der Waals surface area contributed by atoms with E-state index in [2.05, 4.69) is 4.98 Å². The van der Waals surface area contributed by atoms with Gasteiger partial charge in [0.25, 0.3) is 0 Å². The first kappa shape index (κ1) is 11.5. The van der Waals surface area contributed by atoms with Crippen LogP contribution in [0.5, 0.6) is 5.75 Å².